The first-order valence-corrected chi connectivity index (χ1v) is 6.76. The molecule has 7 nitrogen and oxygen atoms in total. The number of fused-ring (bicyclic) bond motifs is 1. The van der Waals surface area contributed by atoms with Gasteiger partial charge in [-0.1, -0.05) is 11.6 Å². The first-order chi connectivity index (χ1) is 10.1. The van der Waals surface area contributed by atoms with Crippen LogP contribution < -0.4 is 5.32 Å². The van der Waals surface area contributed by atoms with Crippen molar-refractivity contribution in [1.29, 1.82) is 0 Å². The number of aliphatic carboxylic acids is 1. The van der Waals surface area contributed by atoms with Crippen molar-refractivity contribution in [3.05, 3.63) is 29.5 Å². The second-order valence-corrected chi connectivity index (χ2v) is 5.22. The van der Waals surface area contributed by atoms with Gasteiger partial charge in [0.05, 0.1) is 5.52 Å². The fourth-order valence-corrected chi connectivity index (χ4v) is 2.54. The first-order valence-electron chi connectivity index (χ1n) is 6.76. The van der Waals surface area contributed by atoms with Crippen LogP contribution in [0.2, 0.25) is 0 Å². The molecule has 110 valence electrons. The van der Waals surface area contributed by atoms with Crippen LogP contribution in [-0.2, 0) is 4.79 Å². The quantitative estimate of drug-likeness (QED) is 0.741. The van der Waals surface area contributed by atoms with Crippen LogP contribution in [0.4, 0.5) is 0 Å². The van der Waals surface area contributed by atoms with Crippen LogP contribution in [0.5, 0.6) is 0 Å². The Balaban J connectivity index is 1.90. The maximum Gasteiger partial charge on any atom is 0.322 e. The molecular formula is C14H16N4O3. The summed E-state index contributed by atoms with van der Waals surface area (Å²) in [4.78, 5) is 25.2. The lowest BCUT2D eigenvalue weighted by Gasteiger charge is -2.31. The van der Waals surface area contributed by atoms with Crippen LogP contribution in [0.25, 0.3) is 10.9 Å². The third-order valence-electron chi connectivity index (χ3n) is 3.68. The number of carbonyl (C=O) groups excluding carboxylic acids is 1. The summed E-state index contributed by atoms with van der Waals surface area (Å²) in [6.45, 7) is 3.03. The summed E-state index contributed by atoms with van der Waals surface area (Å²) in [6.07, 6.45) is 0. The zero-order chi connectivity index (χ0) is 15.0. The maximum atomic E-state index is 12.6. The molecule has 0 unspecified atom stereocenters. The van der Waals surface area contributed by atoms with Crippen molar-refractivity contribution in [3.8, 4) is 0 Å². The summed E-state index contributed by atoms with van der Waals surface area (Å²) < 4.78 is 0. The van der Waals surface area contributed by atoms with Crippen molar-refractivity contribution in [2.45, 2.75) is 13.0 Å². The number of H-pyrrole nitrogens is 1. The molecule has 0 radical (unpaired) electrons. The van der Waals surface area contributed by atoms with Crippen molar-refractivity contribution in [1.82, 2.24) is 20.4 Å². The number of nitrogens with one attached hydrogen (secondary N) is 2. The molecule has 1 fully saturated rings. The van der Waals surface area contributed by atoms with Crippen molar-refractivity contribution in [2.24, 2.45) is 0 Å². The average molecular weight is 288 g/mol. The molecule has 1 saturated heterocycles. The van der Waals surface area contributed by atoms with Gasteiger partial charge < -0.3 is 15.3 Å². The standard InChI is InChI=1S/C14H16N4O3/c1-8-2-3-10-9(6-8)12(17-16-10)13(19)18-5-4-15-11(7-18)14(20)21/h2-3,6,11,15H,4-5,7H2,1H3,(H,16,17)(H,20,21)/t11-/m1/s1. The second kappa shape index (κ2) is 5.17. The molecule has 0 aliphatic carbocycles. The molecule has 3 rings (SSSR count). The van der Waals surface area contributed by atoms with Gasteiger partial charge in [-0.15, -0.1) is 0 Å². The predicted octanol–water partition coefficient (Wildman–Crippen LogP) is 0.370. The number of carboxylic acid groups (broad SMARTS) is 1. The molecule has 2 aromatic rings. The van der Waals surface area contributed by atoms with Crippen LogP contribution in [-0.4, -0.2) is 57.8 Å². The van der Waals surface area contributed by atoms with Gasteiger partial charge in [-0.25, -0.2) is 0 Å². The lowest BCUT2D eigenvalue weighted by molar-refractivity contribution is -0.140. The fraction of sp³-hybridized carbons (Fsp3) is 0.357. The van der Waals surface area contributed by atoms with Gasteiger partial charge in [0.1, 0.15) is 6.04 Å². The number of carbonyl (C=O) groups is 2. The van der Waals surface area contributed by atoms with Gasteiger partial charge in [0.25, 0.3) is 5.91 Å². The van der Waals surface area contributed by atoms with E-state index in [1.54, 1.807) is 0 Å². The molecule has 1 aromatic heterocycles. The lowest BCUT2D eigenvalue weighted by Crippen LogP contribution is -2.55. The third kappa shape index (κ3) is 2.47. The van der Waals surface area contributed by atoms with E-state index >= 15 is 0 Å². The zero-order valence-electron chi connectivity index (χ0n) is 11.6. The Bertz CT molecular complexity index is 709. The summed E-state index contributed by atoms with van der Waals surface area (Å²) >= 11 is 0. The number of aromatic nitrogens is 2. The number of hydrogen-bond acceptors (Lipinski definition) is 4. The molecule has 3 N–H and O–H groups in total. The van der Waals surface area contributed by atoms with E-state index in [0.717, 1.165) is 16.5 Å². The van der Waals surface area contributed by atoms with Crippen LogP contribution in [0.15, 0.2) is 18.2 Å². The highest BCUT2D eigenvalue weighted by Crippen LogP contribution is 2.19. The van der Waals surface area contributed by atoms with Gasteiger partial charge in [-0.05, 0) is 19.1 Å². The molecule has 0 bridgehead atoms. The predicted molar refractivity (Wildman–Crippen MR) is 76.2 cm³/mol. The SMILES string of the molecule is Cc1ccc2[nH]nc(C(=O)N3CCN[C@@H](C(=O)O)C3)c2c1. The summed E-state index contributed by atoms with van der Waals surface area (Å²) in [7, 11) is 0. The van der Waals surface area contributed by atoms with Gasteiger partial charge in [0.2, 0.25) is 0 Å². The highest BCUT2D eigenvalue weighted by Gasteiger charge is 2.29. The summed E-state index contributed by atoms with van der Waals surface area (Å²) in [6, 6.07) is 5.00. The topological polar surface area (TPSA) is 98.3 Å². The van der Waals surface area contributed by atoms with Crippen molar-refractivity contribution < 1.29 is 14.7 Å². The number of aryl methyl sites for hydroxylation is 1. The highest BCUT2D eigenvalue weighted by atomic mass is 16.4. The van der Waals surface area contributed by atoms with Gasteiger partial charge >= 0.3 is 5.97 Å². The number of nitrogens with zero attached hydrogens (tertiary/aromatic N) is 2. The number of aromatic amines is 1. The fourth-order valence-electron chi connectivity index (χ4n) is 2.54. The zero-order valence-corrected chi connectivity index (χ0v) is 11.6. The first kappa shape index (κ1) is 13.6. The minimum Gasteiger partial charge on any atom is -0.480 e. The molecule has 0 spiro atoms. The van der Waals surface area contributed by atoms with Crippen LogP contribution >= 0.6 is 0 Å². The number of rotatable bonds is 2. The molecule has 1 aliphatic heterocycles. The average Bonchev–Trinajstić information content (AvgIpc) is 2.89. The number of amides is 1. The Morgan fingerprint density at radius 2 is 2.24 bits per heavy atom. The third-order valence-corrected chi connectivity index (χ3v) is 3.68. The van der Waals surface area contributed by atoms with Crippen molar-refractivity contribution >= 4 is 22.8 Å². The molecule has 1 atom stereocenters. The molecule has 21 heavy (non-hydrogen) atoms. The number of hydrogen-bond donors (Lipinski definition) is 3. The molecule has 1 aliphatic rings. The van der Waals surface area contributed by atoms with E-state index in [4.69, 9.17) is 5.11 Å². The van der Waals surface area contributed by atoms with Gasteiger partial charge in [-0.2, -0.15) is 5.10 Å². The van der Waals surface area contributed by atoms with Gasteiger partial charge in [-0.3, -0.25) is 14.7 Å². The minimum atomic E-state index is -0.949. The summed E-state index contributed by atoms with van der Waals surface area (Å²) in [5.41, 5.74) is 2.19. The lowest BCUT2D eigenvalue weighted by atomic mass is 10.1. The highest BCUT2D eigenvalue weighted by molar-refractivity contribution is 6.05. The minimum absolute atomic E-state index is 0.147. The number of carboxylic acids is 1. The molecule has 1 amide bonds. The van der Waals surface area contributed by atoms with E-state index in [0.29, 0.717) is 18.8 Å². The molecule has 2 heterocycles. The van der Waals surface area contributed by atoms with Crippen LogP contribution in [0.1, 0.15) is 16.1 Å². The summed E-state index contributed by atoms with van der Waals surface area (Å²) in [5.74, 6) is -1.19. The Morgan fingerprint density at radius 1 is 1.43 bits per heavy atom. The van der Waals surface area contributed by atoms with Crippen LogP contribution in [0, 0.1) is 6.92 Å². The normalized spacial score (nSPS) is 18.9. The van der Waals surface area contributed by atoms with E-state index in [9.17, 15) is 9.59 Å². The largest absolute Gasteiger partial charge is 0.480 e. The van der Waals surface area contributed by atoms with Crippen molar-refractivity contribution in [2.75, 3.05) is 19.6 Å². The molecule has 1 aromatic carbocycles. The van der Waals surface area contributed by atoms with Crippen molar-refractivity contribution in [3.63, 3.8) is 0 Å². The van der Waals surface area contributed by atoms with Crippen LogP contribution in [0.3, 0.4) is 0 Å². The van der Waals surface area contributed by atoms with E-state index in [2.05, 4.69) is 15.5 Å². The van der Waals surface area contributed by atoms with Gasteiger partial charge in [0.15, 0.2) is 5.69 Å². The monoisotopic (exact) mass is 288 g/mol. The molecule has 0 saturated carbocycles. The number of piperazine rings is 1. The van der Waals surface area contributed by atoms with Gasteiger partial charge in [0, 0.05) is 25.0 Å². The van der Waals surface area contributed by atoms with E-state index < -0.39 is 12.0 Å². The Hall–Kier alpha value is -2.41. The second-order valence-electron chi connectivity index (χ2n) is 5.22. The maximum absolute atomic E-state index is 12.6. The Kier molecular flexibility index (Phi) is 3.34. The van der Waals surface area contributed by atoms with E-state index in [1.807, 2.05) is 25.1 Å². The molecular weight excluding hydrogens is 272 g/mol. The van der Waals surface area contributed by atoms with E-state index in [-0.39, 0.29) is 12.5 Å². The Morgan fingerprint density at radius 3 is 3.00 bits per heavy atom. The molecule has 7 heteroatoms. The van der Waals surface area contributed by atoms with E-state index in [1.165, 1.54) is 4.90 Å². The smallest absolute Gasteiger partial charge is 0.322 e. The Labute approximate surface area is 120 Å². The number of benzene rings is 1. The summed E-state index contributed by atoms with van der Waals surface area (Å²) in [5, 5.41) is 19.6.